The van der Waals surface area contributed by atoms with Crippen molar-refractivity contribution < 1.29 is 9.47 Å². The Morgan fingerprint density at radius 2 is 1.78 bits per heavy atom. The minimum atomic E-state index is 0.482. The molecule has 0 saturated carbocycles. The van der Waals surface area contributed by atoms with Crippen molar-refractivity contribution in [3.05, 3.63) is 64.3 Å². The van der Waals surface area contributed by atoms with E-state index in [1.54, 1.807) is 20.4 Å². The highest BCUT2D eigenvalue weighted by molar-refractivity contribution is 9.10. The van der Waals surface area contributed by atoms with Gasteiger partial charge in [-0.25, -0.2) is 0 Å². The van der Waals surface area contributed by atoms with Crippen molar-refractivity contribution in [2.24, 2.45) is 0 Å². The standard InChI is InChI=1S/C18H17BrN2O2/c1-22-16-9-13(10-17(23-2)18(16)19)8-14(11-20)12-21-15-6-4-3-5-7-15/h3-7,9-10,12,21H,8H2,1-2H3/b14-12+. The van der Waals surface area contributed by atoms with Crippen LogP contribution in [0.3, 0.4) is 0 Å². The first-order valence-corrected chi connectivity index (χ1v) is 7.78. The Bertz CT molecular complexity index is 711. The zero-order valence-corrected chi connectivity index (χ0v) is 14.6. The van der Waals surface area contributed by atoms with Gasteiger partial charge < -0.3 is 14.8 Å². The van der Waals surface area contributed by atoms with E-state index in [1.165, 1.54) is 0 Å². The highest BCUT2D eigenvalue weighted by Gasteiger charge is 2.11. The van der Waals surface area contributed by atoms with Gasteiger partial charge in [0, 0.05) is 23.9 Å². The van der Waals surface area contributed by atoms with Crippen LogP contribution in [0, 0.1) is 11.3 Å². The summed E-state index contributed by atoms with van der Waals surface area (Å²) in [6.07, 6.45) is 2.20. The fourth-order valence-electron chi connectivity index (χ4n) is 2.07. The van der Waals surface area contributed by atoms with Gasteiger partial charge in [-0.15, -0.1) is 0 Å². The predicted molar refractivity (Wildman–Crippen MR) is 94.7 cm³/mol. The number of anilines is 1. The number of hydrogen-bond acceptors (Lipinski definition) is 4. The van der Waals surface area contributed by atoms with Crippen molar-refractivity contribution in [3.63, 3.8) is 0 Å². The summed E-state index contributed by atoms with van der Waals surface area (Å²) >= 11 is 3.44. The van der Waals surface area contributed by atoms with Crippen molar-refractivity contribution in [3.8, 4) is 17.6 Å². The van der Waals surface area contributed by atoms with Crippen LogP contribution in [0.2, 0.25) is 0 Å². The molecule has 0 aromatic heterocycles. The summed E-state index contributed by atoms with van der Waals surface area (Å²) in [4.78, 5) is 0. The maximum Gasteiger partial charge on any atom is 0.137 e. The number of nitriles is 1. The second kappa shape index (κ2) is 8.25. The number of rotatable bonds is 6. The Kier molecular flexibility index (Phi) is 6.07. The Balaban J connectivity index is 2.20. The maximum atomic E-state index is 9.34. The molecule has 0 unspecified atom stereocenters. The summed E-state index contributed by atoms with van der Waals surface area (Å²) in [6, 6.07) is 15.7. The summed E-state index contributed by atoms with van der Waals surface area (Å²) in [5.74, 6) is 1.35. The van der Waals surface area contributed by atoms with Gasteiger partial charge in [0.15, 0.2) is 0 Å². The Labute approximate surface area is 144 Å². The van der Waals surface area contributed by atoms with Crippen LogP contribution in [-0.4, -0.2) is 14.2 Å². The van der Waals surface area contributed by atoms with Gasteiger partial charge in [0.1, 0.15) is 16.0 Å². The van der Waals surface area contributed by atoms with E-state index in [9.17, 15) is 5.26 Å². The molecule has 0 aliphatic carbocycles. The highest BCUT2D eigenvalue weighted by Crippen LogP contribution is 2.36. The molecule has 0 amide bonds. The van der Waals surface area contributed by atoms with E-state index in [-0.39, 0.29) is 0 Å². The van der Waals surface area contributed by atoms with Crippen LogP contribution in [0.4, 0.5) is 5.69 Å². The lowest BCUT2D eigenvalue weighted by Crippen LogP contribution is -1.97. The first-order chi connectivity index (χ1) is 11.2. The van der Waals surface area contributed by atoms with Crippen molar-refractivity contribution >= 4 is 21.6 Å². The van der Waals surface area contributed by atoms with Gasteiger partial charge in [0.2, 0.25) is 0 Å². The van der Waals surface area contributed by atoms with Crippen LogP contribution in [0.25, 0.3) is 0 Å². The van der Waals surface area contributed by atoms with Crippen LogP contribution >= 0.6 is 15.9 Å². The third-order valence-corrected chi connectivity index (χ3v) is 4.01. The lowest BCUT2D eigenvalue weighted by molar-refractivity contribution is 0.388. The third-order valence-electron chi connectivity index (χ3n) is 3.23. The molecule has 2 aromatic carbocycles. The summed E-state index contributed by atoms with van der Waals surface area (Å²) < 4.78 is 11.4. The van der Waals surface area contributed by atoms with Gasteiger partial charge in [-0.3, -0.25) is 0 Å². The van der Waals surface area contributed by atoms with E-state index >= 15 is 0 Å². The smallest absolute Gasteiger partial charge is 0.137 e. The van der Waals surface area contributed by atoms with E-state index in [0.717, 1.165) is 15.7 Å². The zero-order chi connectivity index (χ0) is 16.7. The zero-order valence-electron chi connectivity index (χ0n) is 13.0. The molecule has 0 spiro atoms. The number of hydrogen-bond donors (Lipinski definition) is 1. The van der Waals surface area contributed by atoms with Crippen LogP contribution in [0.1, 0.15) is 5.56 Å². The van der Waals surface area contributed by atoms with Crippen LogP contribution in [-0.2, 0) is 6.42 Å². The topological polar surface area (TPSA) is 54.3 Å². The SMILES string of the molecule is COc1cc(C/C(C#N)=C\Nc2ccccc2)cc(OC)c1Br. The van der Waals surface area contributed by atoms with Crippen LogP contribution in [0.15, 0.2) is 58.7 Å². The fraction of sp³-hybridized carbons (Fsp3) is 0.167. The molecule has 118 valence electrons. The number of para-hydroxylation sites is 1. The molecule has 0 saturated heterocycles. The van der Waals surface area contributed by atoms with Gasteiger partial charge in [-0.2, -0.15) is 5.26 Å². The van der Waals surface area contributed by atoms with Gasteiger partial charge in [-0.1, -0.05) is 18.2 Å². The largest absolute Gasteiger partial charge is 0.495 e. The van der Waals surface area contributed by atoms with Crippen LogP contribution in [0.5, 0.6) is 11.5 Å². The summed E-state index contributed by atoms with van der Waals surface area (Å²) in [5.41, 5.74) is 2.48. The second-order valence-electron chi connectivity index (χ2n) is 4.78. The van der Waals surface area contributed by atoms with E-state index < -0.39 is 0 Å². The van der Waals surface area contributed by atoms with E-state index in [0.29, 0.717) is 23.5 Å². The first-order valence-electron chi connectivity index (χ1n) is 6.99. The average Bonchev–Trinajstić information content (AvgIpc) is 2.60. The molecule has 0 fully saturated rings. The van der Waals surface area contributed by atoms with E-state index in [1.807, 2.05) is 42.5 Å². The summed E-state index contributed by atoms with van der Waals surface area (Å²) in [7, 11) is 3.20. The van der Waals surface area contributed by atoms with Crippen molar-refractivity contribution in [1.82, 2.24) is 0 Å². The molecule has 1 N–H and O–H groups in total. The minimum Gasteiger partial charge on any atom is -0.495 e. The Morgan fingerprint density at radius 3 is 2.30 bits per heavy atom. The summed E-state index contributed by atoms with van der Waals surface area (Å²) in [6.45, 7) is 0. The molecule has 0 atom stereocenters. The highest BCUT2D eigenvalue weighted by atomic mass is 79.9. The Hall–Kier alpha value is -2.45. The fourth-order valence-corrected chi connectivity index (χ4v) is 2.63. The normalized spacial score (nSPS) is 10.8. The molecule has 0 heterocycles. The van der Waals surface area contributed by atoms with Gasteiger partial charge >= 0.3 is 0 Å². The van der Waals surface area contributed by atoms with Crippen LogP contribution < -0.4 is 14.8 Å². The molecule has 0 bridgehead atoms. The number of benzene rings is 2. The third kappa shape index (κ3) is 4.51. The average molecular weight is 373 g/mol. The molecule has 2 rings (SSSR count). The molecule has 23 heavy (non-hydrogen) atoms. The number of nitrogens with zero attached hydrogens (tertiary/aromatic N) is 1. The predicted octanol–water partition coefficient (Wildman–Crippen LogP) is 4.53. The maximum absolute atomic E-state index is 9.34. The number of methoxy groups -OCH3 is 2. The summed E-state index contributed by atoms with van der Waals surface area (Å²) in [5, 5.41) is 12.5. The molecular weight excluding hydrogens is 356 g/mol. The van der Waals surface area contributed by atoms with Gasteiger partial charge in [-0.05, 0) is 45.8 Å². The Morgan fingerprint density at radius 1 is 1.17 bits per heavy atom. The lowest BCUT2D eigenvalue weighted by atomic mass is 10.1. The first kappa shape index (κ1) is 16.9. The van der Waals surface area contributed by atoms with Gasteiger partial charge in [0.05, 0.1) is 20.3 Å². The molecule has 0 radical (unpaired) electrons. The van der Waals surface area contributed by atoms with Crippen molar-refractivity contribution in [1.29, 1.82) is 5.26 Å². The minimum absolute atomic E-state index is 0.482. The number of halogens is 1. The quantitative estimate of drug-likeness (QED) is 0.756. The number of allylic oxidation sites excluding steroid dienone is 1. The van der Waals surface area contributed by atoms with E-state index in [4.69, 9.17) is 9.47 Å². The lowest BCUT2D eigenvalue weighted by Gasteiger charge is -2.11. The van der Waals surface area contributed by atoms with Gasteiger partial charge in [0.25, 0.3) is 0 Å². The molecule has 0 aliphatic heterocycles. The molecule has 5 heteroatoms. The molecule has 0 aliphatic rings. The molecular formula is C18H17BrN2O2. The van der Waals surface area contributed by atoms with Crippen molar-refractivity contribution in [2.75, 3.05) is 19.5 Å². The molecule has 4 nitrogen and oxygen atoms in total. The number of ether oxygens (including phenoxy) is 2. The second-order valence-corrected chi connectivity index (χ2v) is 5.58. The van der Waals surface area contributed by atoms with Crippen molar-refractivity contribution in [2.45, 2.75) is 6.42 Å². The molecule has 2 aromatic rings. The number of nitrogens with one attached hydrogen (secondary N) is 1. The van der Waals surface area contributed by atoms with E-state index in [2.05, 4.69) is 27.3 Å². The monoisotopic (exact) mass is 372 g/mol.